The van der Waals surface area contributed by atoms with Gasteiger partial charge in [-0.25, -0.2) is 17.9 Å². The molecule has 0 aliphatic carbocycles. The fraction of sp³-hybridized carbons (Fsp3) is 0.0833. The SMILES string of the molecule is O=C1C=C(c2ccc(CCNC(=O)Nc3ccc(Oc4ccccc4)cc3)cc2)S(=O)(=O)N1. The summed E-state index contributed by atoms with van der Waals surface area (Å²) in [5.74, 6) is 0.746. The molecule has 0 bridgehead atoms. The molecular formula is C24H21N3O5S. The molecule has 3 aromatic carbocycles. The molecule has 1 heterocycles. The van der Waals surface area contributed by atoms with Crippen molar-refractivity contribution in [2.45, 2.75) is 6.42 Å². The number of benzene rings is 3. The Morgan fingerprint density at radius 2 is 1.55 bits per heavy atom. The van der Waals surface area contributed by atoms with E-state index in [0.29, 0.717) is 30.0 Å². The molecule has 0 saturated carbocycles. The maximum Gasteiger partial charge on any atom is 0.319 e. The summed E-state index contributed by atoms with van der Waals surface area (Å²) in [6, 6.07) is 22.9. The van der Waals surface area contributed by atoms with Crippen LogP contribution >= 0.6 is 0 Å². The lowest BCUT2D eigenvalue weighted by Crippen LogP contribution is -2.30. The Balaban J connectivity index is 1.24. The van der Waals surface area contributed by atoms with E-state index in [1.165, 1.54) is 0 Å². The predicted molar refractivity (Wildman–Crippen MR) is 125 cm³/mol. The summed E-state index contributed by atoms with van der Waals surface area (Å²) in [5.41, 5.74) is 1.98. The van der Waals surface area contributed by atoms with Gasteiger partial charge in [0.25, 0.3) is 15.9 Å². The maximum absolute atomic E-state index is 12.1. The van der Waals surface area contributed by atoms with E-state index in [1.807, 2.05) is 35.1 Å². The molecule has 0 saturated heterocycles. The minimum absolute atomic E-state index is 0.0447. The lowest BCUT2D eigenvalue weighted by molar-refractivity contribution is -0.114. The molecule has 168 valence electrons. The molecule has 4 rings (SSSR count). The van der Waals surface area contributed by atoms with Gasteiger partial charge in [0.1, 0.15) is 16.4 Å². The number of urea groups is 1. The topological polar surface area (TPSA) is 114 Å². The minimum Gasteiger partial charge on any atom is -0.457 e. The van der Waals surface area contributed by atoms with Gasteiger partial charge in [-0.15, -0.1) is 0 Å². The van der Waals surface area contributed by atoms with E-state index in [-0.39, 0.29) is 10.9 Å². The summed E-state index contributed by atoms with van der Waals surface area (Å²) in [5, 5.41) is 5.54. The Kier molecular flexibility index (Phi) is 6.41. The van der Waals surface area contributed by atoms with E-state index < -0.39 is 15.9 Å². The zero-order valence-electron chi connectivity index (χ0n) is 17.4. The van der Waals surface area contributed by atoms with Crippen LogP contribution in [0.2, 0.25) is 0 Å². The van der Waals surface area contributed by atoms with E-state index in [4.69, 9.17) is 4.74 Å². The Morgan fingerprint density at radius 1 is 0.879 bits per heavy atom. The molecule has 33 heavy (non-hydrogen) atoms. The van der Waals surface area contributed by atoms with Gasteiger partial charge in [-0.1, -0.05) is 42.5 Å². The number of amides is 3. The Hall–Kier alpha value is -4.11. The van der Waals surface area contributed by atoms with Crippen molar-refractivity contribution in [1.82, 2.24) is 10.0 Å². The number of para-hydroxylation sites is 1. The summed E-state index contributed by atoms with van der Waals surface area (Å²) in [6.07, 6.45) is 1.62. The normalized spacial score (nSPS) is 14.2. The molecule has 0 atom stereocenters. The number of anilines is 1. The van der Waals surface area contributed by atoms with Gasteiger partial charge in [0, 0.05) is 18.3 Å². The molecule has 0 spiro atoms. The first kappa shape index (κ1) is 22.1. The molecule has 0 fully saturated rings. The molecule has 3 N–H and O–H groups in total. The number of ether oxygens (including phenoxy) is 1. The highest BCUT2D eigenvalue weighted by atomic mass is 32.2. The zero-order valence-corrected chi connectivity index (χ0v) is 18.3. The van der Waals surface area contributed by atoms with Crippen molar-refractivity contribution in [2.75, 3.05) is 11.9 Å². The zero-order chi connectivity index (χ0) is 23.3. The maximum atomic E-state index is 12.1. The number of rotatable bonds is 7. The third-order valence-electron chi connectivity index (χ3n) is 4.82. The fourth-order valence-corrected chi connectivity index (χ4v) is 4.36. The molecule has 9 heteroatoms. The van der Waals surface area contributed by atoms with Crippen LogP contribution in [0.3, 0.4) is 0 Å². The number of hydrogen-bond acceptors (Lipinski definition) is 5. The summed E-state index contributed by atoms with van der Waals surface area (Å²) in [6.45, 7) is 0.390. The van der Waals surface area contributed by atoms with Crippen LogP contribution in [0.25, 0.3) is 4.91 Å². The minimum atomic E-state index is -3.79. The van der Waals surface area contributed by atoms with E-state index in [2.05, 4.69) is 10.6 Å². The van der Waals surface area contributed by atoms with Crippen LogP contribution in [0.4, 0.5) is 10.5 Å². The second kappa shape index (κ2) is 9.58. The van der Waals surface area contributed by atoms with Gasteiger partial charge in [-0.05, 0) is 53.9 Å². The van der Waals surface area contributed by atoms with Crippen molar-refractivity contribution in [1.29, 1.82) is 0 Å². The number of hydrogen-bond donors (Lipinski definition) is 3. The van der Waals surface area contributed by atoms with E-state index in [1.54, 1.807) is 48.5 Å². The van der Waals surface area contributed by atoms with Crippen LogP contribution in [0.5, 0.6) is 11.5 Å². The molecule has 3 aromatic rings. The van der Waals surface area contributed by atoms with Crippen LogP contribution in [-0.2, 0) is 21.2 Å². The molecule has 0 radical (unpaired) electrons. The highest BCUT2D eigenvalue weighted by Gasteiger charge is 2.28. The second-order valence-electron chi connectivity index (χ2n) is 7.25. The lowest BCUT2D eigenvalue weighted by atomic mass is 10.1. The van der Waals surface area contributed by atoms with Crippen molar-refractivity contribution in [2.24, 2.45) is 0 Å². The van der Waals surface area contributed by atoms with Gasteiger partial charge in [0.05, 0.1) is 0 Å². The van der Waals surface area contributed by atoms with Gasteiger partial charge >= 0.3 is 6.03 Å². The van der Waals surface area contributed by atoms with Gasteiger partial charge in [-0.2, -0.15) is 0 Å². The van der Waals surface area contributed by atoms with Crippen LogP contribution in [-0.4, -0.2) is 26.9 Å². The van der Waals surface area contributed by atoms with Gasteiger partial charge in [0.15, 0.2) is 0 Å². The van der Waals surface area contributed by atoms with E-state index in [0.717, 1.165) is 17.4 Å². The predicted octanol–water partition coefficient (Wildman–Crippen LogP) is 3.64. The fourth-order valence-electron chi connectivity index (χ4n) is 3.21. The van der Waals surface area contributed by atoms with Crippen LogP contribution in [0.15, 0.2) is 84.9 Å². The van der Waals surface area contributed by atoms with Crippen molar-refractivity contribution in [3.8, 4) is 11.5 Å². The number of sulfonamides is 1. The molecular weight excluding hydrogens is 442 g/mol. The molecule has 1 aliphatic rings. The summed E-state index contributed by atoms with van der Waals surface area (Å²) >= 11 is 0. The molecule has 1 aliphatic heterocycles. The number of carbonyl (C=O) groups is 2. The van der Waals surface area contributed by atoms with E-state index >= 15 is 0 Å². The molecule has 0 unspecified atom stereocenters. The number of nitrogens with one attached hydrogen (secondary N) is 3. The first-order valence-electron chi connectivity index (χ1n) is 10.1. The Morgan fingerprint density at radius 3 is 2.18 bits per heavy atom. The van der Waals surface area contributed by atoms with Crippen molar-refractivity contribution >= 4 is 32.6 Å². The monoisotopic (exact) mass is 463 g/mol. The number of carbonyl (C=O) groups excluding carboxylic acids is 2. The highest BCUT2D eigenvalue weighted by molar-refractivity contribution is 7.99. The first-order chi connectivity index (χ1) is 15.9. The third-order valence-corrected chi connectivity index (χ3v) is 6.22. The van der Waals surface area contributed by atoms with Gasteiger partial charge in [0.2, 0.25) is 0 Å². The average Bonchev–Trinajstić information content (AvgIpc) is 3.08. The van der Waals surface area contributed by atoms with Crippen molar-refractivity contribution in [3.05, 3.63) is 96.1 Å². The van der Waals surface area contributed by atoms with Crippen molar-refractivity contribution < 1.29 is 22.7 Å². The van der Waals surface area contributed by atoms with E-state index in [9.17, 15) is 18.0 Å². The second-order valence-corrected chi connectivity index (χ2v) is 8.90. The van der Waals surface area contributed by atoms with Crippen LogP contribution in [0.1, 0.15) is 11.1 Å². The molecule has 0 aromatic heterocycles. The van der Waals surface area contributed by atoms with Crippen LogP contribution < -0.4 is 20.1 Å². The standard InChI is InChI=1S/C24H21N3O5S/c28-23-16-22(33(30,31)27-23)18-8-6-17(7-9-18)14-15-25-24(29)26-19-10-12-21(13-11-19)32-20-4-2-1-3-5-20/h1-13,16H,14-15H2,(H,27,28)(H2,25,26,29). The first-order valence-corrected chi connectivity index (χ1v) is 11.6. The summed E-state index contributed by atoms with van der Waals surface area (Å²) < 4.78 is 31.4. The largest absolute Gasteiger partial charge is 0.457 e. The third kappa shape index (κ3) is 5.78. The summed E-state index contributed by atoms with van der Waals surface area (Å²) in [7, 11) is -3.79. The quantitative estimate of drug-likeness (QED) is 0.495. The van der Waals surface area contributed by atoms with Crippen molar-refractivity contribution in [3.63, 3.8) is 0 Å². The van der Waals surface area contributed by atoms with Gasteiger partial charge in [-0.3, -0.25) is 4.79 Å². The molecule has 3 amide bonds. The Bertz CT molecular complexity index is 1290. The highest BCUT2D eigenvalue weighted by Crippen LogP contribution is 2.24. The Labute approximate surface area is 191 Å². The average molecular weight is 464 g/mol. The lowest BCUT2D eigenvalue weighted by Gasteiger charge is -2.10. The summed E-state index contributed by atoms with van der Waals surface area (Å²) in [4.78, 5) is 23.4. The van der Waals surface area contributed by atoms with Crippen LogP contribution in [0, 0.1) is 0 Å². The smallest absolute Gasteiger partial charge is 0.319 e. The molecule has 8 nitrogen and oxygen atoms in total. The van der Waals surface area contributed by atoms with Gasteiger partial charge < -0.3 is 15.4 Å².